The van der Waals surface area contributed by atoms with Crippen LogP contribution in [0, 0.1) is 0 Å². The predicted octanol–water partition coefficient (Wildman–Crippen LogP) is 3.99. The number of hydrogen-bond acceptors (Lipinski definition) is 3. The van der Waals surface area contributed by atoms with E-state index in [4.69, 9.17) is 4.74 Å². The number of carbonyl (C=O) groups excluding carboxylic acids is 1. The normalized spacial score (nSPS) is 18.2. The van der Waals surface area contributed by atoms with Crippen LogP contribution in [0.4, 0.5) is 0 Å². The van der Waals surface area contributed by atoms with Crippen molar-refractivity contribution >= 4 is 5.91 Å². The first-order valence-electron chi connectivity index (χ1n) is 9.09. The van der Waals surface area contributed by atoms with Crippen molar-refractivity contribution in [2.24, 2.45) is 0 Å². The number of carbonyl (C=O) groups is 1. The summed E-state index contributed by atoms with van der Waals surface area (Å²) in [4.78, 5) is 18.8. The van der Waals surface area contributed by atoms with E-state index in [0.717, 1.165) is 37.4 Å². The largest absolute Gasteiger partial charge is 0.483 e. The first-order chi connectivity index (χ1) is 12.2. The van der Waals surface area contributed by atoms with Crippen LogP contribution in [0.5, 0.6) is 5.75 Å². The SMILES string of the molecule is CC[C@@H](C)c1ccccc1OCC(=O)N1CC[C@H](c2ccccn2)C1. The Bertz CT molecular complexity index is 702. The van der Waals surface area contributed by atoms with Crippen LogP contribution >= 0.6 is 0 Å². The molecule has 1 aromatic heterocycles. The summed E-state index contributed by atoms with van der Waals surface area (Å²) in [5, 5.41) is 0. The zero-order valence-corrected chi connectivity index (χ0v) is 15.0. The van der Waals surface area contributed by atoms with Crippen LogP contribution in [0.2, 0.25) is 0 Å². The molecule has 1 aromatic carbocycles. The molecular formula is C21H26N2O2. The Morgan fingerprint density at radius 2 is 2.08 bits per heavy atom. The summed E-state index contributed by atoms with van der Waals surface area (Å²) in [7, 11) is 0. The minimum absolute atomic E-state index is 0.0531. The van der Waals surface area contributed by atoms with Crippen molar-refractivity contribution in [3.8, 4) is 5.75 Å². The molecule has 1 fully saturated rings. The minimum Gasteiger partial charge on any atom is -0.483 e. The molecule has 0 spiro atoms. The topological polar surface area (TPSA) is 42.4 Å². The monoisotopic (exact) mass is 338 g/mol. The molecule has 4 nitrogen and oxygen atoms in total. The number of likely N-dealkylation sites (tertiary alicyclic amines) is 1. The first kappa shape index (κ1) is 17.5. The number of aromatic nitrogens is 1. The van der Waals surface area contributed by atoms with Gasteiger partial charge in [0, 0.05) is 30.9 Å². The first-order valence-corrected chi connectivity index (χ1v) is 9.09. The van der Waals surface area contributed by atoms with Crippen molar-refractivity contribution in [2.45, 2.75) is 38.5 Å². The zero-order valence-electron chi connectivity index (χ0n) is 15.0. The number of benzene rings is 1. The Kier molecular flexibility index (Phi) is 5.69. The average Bonchev–Trinajstić information content (AvgIpc) is 3.17. The van der Waals surface area contributed by atoms with E-state index in [1.807, 2.05) is 47.5 Å². The molecule has 0 unspecified atom stereocenters. The lowest BCUT2D eigenvalue weighted by Crippen LogP contribution is -2.33. The molecule has 25 heavy (non-hydrogen) atoms. The molecule has 1 amide bonds. The highest BCUT2D eigenvalue weighted by molar-refractivity contribution is 5.78. The number of para-hydroxylation sites is 1. The summed E-state index contributed by atoms with van der Waals surface area (Å²) in [5.74, 6) is 1.63. The predicted molar refractivity (Wildman–Crippen MR) is 98.8 cm³/mol. The Balaban J connectivity index is 1.57. The number of ether oxygens (including phenoxy) is 1. The smallest absolute Gasteiger partial charge is 0.260 e. The molecule has 0 radical (unpaired) electrons. The molecule has 0 saturated carbocycles. The molecule has 1 aliphatic rings. The molecule has 0 N–H and O–H groups in total. The van der Waals surface area contributed by atoms with E-state index < -0.39 is 0 Å². The molecule has 132 valence electrons. The van der Waals surface area contributed by atoms with Crippen molar-refractivity contribution in [3.63, 3.8) is 0 Å². The van der Waals surface area contributed by atoms with E-state index in [1.165, 1.54) is 5.56 Å². The van der Waals surface area contributed by atoms with Gasteiger partial charge >= 0.3 is 0 Å². The van der Waals surface area contributed by atoms with Gasteiger partial charge in [-0.1, -0.05) is 38.1 Å². The Morgan fingerprint density at radius 3 is 2.84 bits per heavy atom. The number of rotatable bonds is 6. The highest BCUT2D eigenvalue weighted by atomic mass is 16.5. The van der Waals surface area contributed by atoms with Crippen molar-refractivity contribution in [2.75, 3.05) is 19.7 Å². The van der Waals surface area contributed by atoms with E-state index in [1.54, 1.807) is 0 Å². The third-order valence-electron chi connectivity index (χ3n) is 5.06. The molecule has 1 saturated heterocycles. The third-order valence-corrected chi connectivity index (χ3v) is 5.06. The highest BCUT2D eigenvalue weighted by Crippen LogP contribution is 2.29. The number of nitrogens with zero attached hydrogens (tertiary/aromatic N) is 2. The van der Waals surface area contributed by atoms with Crippen molar-refractivity contribution in [1.29, 1.82) is 0 Å². The summed E-state index contributed by atoms with van der Waals surface area (Å²) < 4.78 is 5.87. The molecule has 2 atom stereocenters. The molecule has 1 aliphatic heterocycles. The number of hydrogen-bond donors (Lipinski definition) is 0. The maximum atomic E-state index is 12.5. The summed E-state index contributed by atoms with van der Waals surface area (Å²) in [5.41, 5.74) is 2.24. The lowest BCUT2D eigenvalue weighted by atomic mass is 9.98. The maximum absolute atomic E-state index is 12.5. The van der Waals surface area contributed by atoms with Gasteiger partial charge in [0.25, 0.3) is 5.91 Å². The fourth-order valence-corrected chi connectivity index (χ4v) is 3.32. The van der Waals surface area contributed by atoms with Crippen LogP contribution in [0.1, 0.15) is 49.8 Å². The lowest BCUT2D eigenvalue weighted by molar-refractivity contribution is -0.132. The van der Waals surface area contributed by atoms with Gasteiger partial charge in [0.2, 0.25) is 0 Å². The van der Waals surface area contributed by atoms with E-state index >= 15 is 0 Å². The number of pyridine rings is 1. The fraction of sp³-hybridized carbons (Fsp3) is 0.429. The van der Waals surface area contributed by atoms with Gasteiger partial charge < -0.3 is 9.64 Å². The molecule has 2 aromatic rings. The van der Waals surface area contributed by atoms with E-state index in [-0.39, 0.29) is 12.5 Å². The van der Waals surface area contributed by atoms with Gasteiger partial charge in [-0.25, -0.2) is 0 Å². The zero-order chi connectivity index (χ0) is 17.6. The molecule has 3 rings (SSSR count). The highest BCUT2D eigenvalue weighted by Gasteiger charge is 2.28. The van der Waals surface area contributed by atoms with E-state index in [9.17, 15) is 4.79 Å². The molecule has 0 bridgehead atoms. The molecule has 0 aliphatic carbocycles. The van der Waals surface area contributed by atoms with Gasteiger partial charge in [0.05, 0.1) is 0 Å². The van der Waals surface area contributed by atoms with Crippen LogP contribution < -0.4 is 4.74 Å². The van der Waals surface area contributed by atoms with Gasteiger partial charge in [-0.2, -0.15) is 0 Å². The van der Waals surface area contributed by atoms with Gasteiger partial charge in [-0.05, 0) is 42.5 Å². The van der Waals surface area contributed by atoms with Crippen molar-refractivity contribution in [3.05, 3.63) is 59.9 Å². The van der Waals surface area contributed by atoms with Crippen LogP contribution in [-0.2, 0) is 4.79 Å². The fourth-order valence-electron chi connectivity index (χ4n) is 3.32. The lowest BCUT2D eigenvalue weighted by Gasteiger charge is -2.19. The summed E-state index contributed by atoms with van der Waals surface area (Å²) in [6.45, 7) is 5.95. The van der Waals surface area contributed by atoms with Crippen LogP contribution in [-0.4, -0.2) is 35.5 Å². The summed E-state index contributed by atoms with van der Waals surface area (Å²) >= 11 is 0. The van der Waals surface area contributed by atoms with Gasteiger partial charge in [0.1, 0.15) is 5.75 Å². The van der Waals surface area contributed by atoms with Crippen LogP contribution in [0.3, 0.4) is 0 Å². The van der Waals surface area contributed by atoms with Gasteiger partial charge in [0.15, 0.2) is 6.61 Å². The maximum Gasteiger partial charge on any atom is 0.260 e. The summed E-state index contributed by atoms with van der Waals surface area (Å²) in [6.07, 6.45) is 3.83. The third kappa shape index (κ3) is 4.19. The second-order valence-corrected chi connectivity index (χ2v) is 6.72. The quantitative estimate of drug-likeness (QED) is 0.800. The second-order valence-electron chi connectivity index (χ2n) is 6.72. The number of amides is 1. The van der Waals surface area contributed by atoms with E-state index in [2.05, 4.69) is 24.9 Å². The van der Waals surface area contributed by atoms with Gasteiger partial charge in [-0.15, -0.1) is 0 Å². The minimum atomic E-state index is 0.0531. The molecular weight excluding hydrogens is 312 g/mol. The standard InChI is InChI=1S/C21H26N2O2/c1-3-16(2)18-8-4-5-10-20(18)25-15-21(24)23-13-11-17(14-23)19-9-6-7-12-22-19/h4-10,12,16-17H,3,11,13-15H2,1-2H3/t16-,17+/m1/s1. The molecule has 4 heteroatoms. The van der Waals surface area contributed by atoms with Crippen molar-refractivity contribution in [1.82, 2.24) is 9.88 Å². The van der Waals surface area contributed by atoms with Gasteiger partial charge in [-0.3, -0.25) is 9.78 Å². The van der Waals surface area contributed by atoms with Crippen LogP contribution in [0.15, 0.2) is 48.7 Å². The van der Waals surface area contributed by atoms with E-state index in [0.29, 0.717) is 11.8 Å². The summed E-state index contributed by atoms with van der Waals surface area (Å²) in [6, 6.07) is 14.0. The second kappa shape index (κ2) is 8.15. The Labute approximate surface area is 149 Å². The Hall–Kier alpha value is -2.36. The average molecular weight is 338 g/mol. The van der Waals surface area contributed by atoms with Crippen molar-refractivity contribution < 1.29 is 9.53 Å². The molecule has 2 heterocycles. The Morgan fingerprint density at radius 1 is 1.28 bits per heavy atom. The van der Waals surface area contributed by atoms with Crippen LogP contribution in [0.25, 0.3) is 0 Å².